The van der Waals surface area contributed by atoms with Gasteiger partial charge in [0.05, 0.1) is 0 Å². The molecule has 0 unspecified atom stereocenters. The number of nitrogens with one attached hydrogen (secondary N) is 1. The Morgan fingerprint density at radius 2 is 2.00 bits per heavy atom. The summed E-state index contributed by atoms with van der Waals surface area (Å²) in [5.74, 6) is 0.232. The number of hydrogen-bond donors (Lipinski definition) is 2. The Kier molecular flexibility index (Phi) is 5.98. The van der Waals surface area contributed by atoms with Gasteiger partial charge in [0.15, 0.2) is 0 Å². The predicted molar refractivity (Wildman–Crippen MR) is 120 cm³/mol. The fourth-order valence-electron chi connectivity index (χ4n) is 3.47. The molecular formula is C23H21N7O2. The first-order valence-electron chi connectivity index (χ1n) is 9.91. The quantitative estimate of drug-likeness (QED) is 0.410. The van der Waals surface area contributed by atoms with E-state index in [2.05, 4.69) is 37.2 Å². The normalized spacial score (nSPS) is 10.7. The third-order valence-corrected chi connectivity index (χ3v) is 4.90. The van der Waals surface area contributed by atoms with Crippen molar-refractivity contribution in [1.82, 2.24) is 30.6 Å². The highest BCUT2D eigenvalue weighted by atomic mass is 16.4. The Hall–Kier alpha value is -4.40. The van der Waals surface area contributed by atoms with Crippen LogP contribution in [0.2, 0.25) is 0 Å². The maximum absolute atomic E-state index is 11.7. The van der Waals surface area contributed by atoms with Crippen LogP contribution < -0.4 is 4.90 Å². The van der Waals surface area contributed by atoms with Gasteiger partial charge in [-0.05, 0) is 34.9 Å². The van der Waals surface area contributed by atoms with E-state index >= 15 is 0 Å². The molecule has 2 aromatic heterocycles. The van der Waals surface area contributed by atoms with Crippen LogP contribution in [0.15, 0.2) is 67.4 Å². The zero-order valence-corrected chi connectivity index (χ0v) is 17.4. The molecule has 0 atom stereocenters. The first kappa shape index (κ1) is 20.9. The van der Waals surface area contributed by atoms with Gasteiger partial charge in [-0.1, -0.05) is 48.5 Å². The molecule has 2 aromatic carbocycles. The summed E-state index contributed by atoms with van der Waals surface area (Å²) in [6, 6.07) is 15.9. The van der Waals surface area contributed by atoms with Crippen molar-refractivity contribution in [3.8, 4) is 22.5 Å². The standard InChI is InChI=1S/C23H21N7O2/c1-3-11-30(22-20(23(31)32)13-24-15(2)25-22)14-16-9-10-18(17-7-5-4-6-8-17)19(12-16)21-26-28-29-27-21/h3-10,12-13H,1,11,14H2,2H3,(H,31,32)(H,26,27,28,29). The largest absolute Gasteiger partial charge is 0.477 e. The summed E-state index contributed by atoms with van der Waals surface area (Å²) < 4.78 is 0. The molecule has 0 aliphatic rings. The van der Waals surface area contributed by atoms with Gasteiger partial charge in [-0.2, -0.15) is 5.21 Å². The van der Waals surface area contributed by atoms with Crippen molar-refractivity contribution in [2.24, 2.45) is 0 Å². The number of carbonyl (C=O) groups is 1. The molecule has 0 saturated heterocycles. The van der Waals surface area contributed by atoms with Crippen LogP contribution in [0.1, 0.15) is 21.7 Å². The number of anilines is 1. The minimum Gasteiger partial charge on any atom is -0.477 e. The van der Waals surface area contributed by atoms with E-state index in [0.29, 0.717) is 30.6 Å². The summed E-state index contributed by atoms with van der Waals surface area (Å²) in [4.78, 5) is 22.0. The zero-order valence-electron chi connectivity index (χ0n) is 17.4. The lowest BCUT2D eigenvalue weighted by atomic mass is 9.97. The minimum atomic E-state index is -1.08. The molecule has 4 rings (SSSR count). The molecule has 160 valence electrons. The van der Waals surface area contributed by atoms with E-state index in [1.165, 1.54) is 6.20 Å². The molecule has 2 heterocycles. The molecule has 32 heavy (non-hydrogen) atoms. The van der Waals surface area contributed by atoms with Gasteiger partial charge in [0.1, 0.15) is 17.2 Å². The second kappa shape index (κ2) is 9.17. The van der Waals surface area contributed by atoms with Crippen LogP contribution in [-0.4, -0.2) is 48.2 Å². The van der Waals surface area contributed by atoms with Crippen LogP contribution in [0.5, 0.6) is 0 Å². The minimum absolute atomic E-state index is 0.0387. The maximum Gasteiger partial charge on any atom is 0.341 e. The van der Waals surface area contributed by atoms with E-state index in [-0.39, 0.29) is 5.56 Å². The highest BCUT2D eigenvalue weighted by Crippen LogP contribution is 2.31. The summed E-state index contributed by atoms with van der Waals surface area (Å²) >= 11 is 0. The number of benzene rings is 2. The fourth-order valence-corrected chi connectivity index (χ4v) is 3.47. The van der Waals surface area contributed by atoms with Crippen molar-refractivity contribution in [3.63, 3.8) is 0 Å². The predicted octanol–water partition coefficient (Wildman–Crippen LogP) is 3.52. The number of aromatic amines is 1. The summed E-state index contributed by atoms with van der Waals surface area (Å²) in [5.41, 5.74) is 3.78. The number of tetrazole rings is 1. The third kappa shape index (κ3) is 4.36. The molecule has 0 radical (unpaired) electrons. The number of hydrogen-bond acceptors (Lipinski definition) is 7. The number of rotatable bonds is 8. The molecule has 9 nitrogen and oxygen atoms in total. The lowest BCUT2D eigenvalue weighted by Crippen LogP contribution is -2.26. The summed E-state index contributed by atoms with van der Waals surface area (Å²) in [6.07, 6.45) is 3.04. The first-order chi connectivity index (χ1) is 15.6. The van der Waals surface area contributed by atoms with Crippen LogP contribution in [0, 0.1) is 6.92 Å². The lowest BCUT2D eigenvalue weighted by molar-refractivity contribution is 0.0696. The highest BCUT2D eigenvalue weighted by molar-refractivity contribution is 5.93. The van der Waals surface area contributed by atoms with Crippen LogP contribution in [0.3, 0.4) is 0 Å². The molecule has 4 aromatic rings. The SMILES string of the molecule is C=CCN(Cc1ccc(-c2ccccc2)c(-c2nn[nH]n2)c1)c1nc(C)ncc1C(=O)O. The Morgan fingerprint density at radius 1 is 1.19 bits per heavy atom. The first-order valence-corrected chi connectivity index (χ1v) is 9.91. The van der Waals surface area contributed by atoms with Crippen LogP contribution in [0.25, 0.3) is 22.5 Å². The van der Waals surface area contributed by atoms with Gasteiger partial charge in [0.2, 0.25) is 5.82 Å². The number of aromatic carboxylic acids is 1. The molecule has 0 aliphatic heterocycles. The molecule has 0 spiro atoms. The molecule has 0 bridgehead atoms. The molecule has 9 heteroatoms. The van der Waals surface area contributed by atoms with Crippen molar-refractivity contribution in [2.75, 3.05) is 11.4 Å². The Labute approximate surface area is 184 Å². The van der Waals surface area contributed by atoms with E-state index in [9.17, 15) is 9.90 Å². The van der Waals surface area contributed by atoms with E-state index in [1.807, 2.05) is 53.4 Å². The topological polar surface area (TPSA) is 121 Å². The molecular weight excluding hydrogens is 406 g/mol. The Bertz CT molecular complexity index is 1240. The van der Waals surface area contributed by atoms with E-state index in [0.717, 1.165) is 22.3 Å². The van der Waals surface area contributed by atoms with Gasteiger partial charge >= 0.3 is 5.97 Å². The second-order valence-corrected chi connectivity index (χ2v) is 7.11. The van der Waals surface area contributed by atoms with Crippen molar-refractivity contribution in [2.45, 2.75) is 13.5 Å². The van der Waals surface area contributed by atoms with Gasteiger partial charge in [-0.15, -0.1) is 16.8 Å². The van der Waals surface area contributed by atoms with Crippen molar-refractivity contribution >= 4 is 11.8 Å². The third-order valence-electron chi connectivity index (χ3n) is 4.90. The second-order valence-electron chi connectivity index (χ2n) is 7.11. The number of nitrogens with zero attached hydrogens (tertiary/aromatic N) is 6. The monoisotopic (exact) mass is 427 g/mol. The van der Waals surface area contributed by atoms with Crippen LogP contribution >= 0.6 is 0 Å². The average Bonchev–Trinajstić information content (AvgIpc) is 3.34. The maximum atomic E-state index is 11.7. The number of carboxylic acid groups (broad SMARTS) is 1. The molecule has 2 N–H and O–H groups in total. The Balaban J connectivity index is 1.77. The fraction of sp³-hybridized carbons (Fsp3) is 0.130. The Morgan fingerprint density at radius 3 is 2.69 bits per heavy atom. The number of aryl methyl sites for hydroxylation is 1. The van der Waals surface area contributed by atoms with Crippen LogP contribution in [0.4, 0.5) is 5.82 Å². The van der Waals surface area contributed by atoms with Crippen LogP contribution in [-0.2, 0) is 6.54 Å². The van der Waals surface area contributed by atoms with Crippen molar-refractivity contribution in [1.29, 1.82) is 0 Å². The van der Waals surface area contributed by atoms with E-state index in [1.54, 1.807) is 13.0 Å². The van der Waals surface area contributed by atoms with Gasteiger partial charge in [0, 0.05) is 24.8 Å². The van der Waals surface area contributed by atoms with Gasteiger partial charge in [-0.25, -0.2) is 14.8 Å². The van der Waals surface area contributed by atoms with Gasteiger partial charge in [-0.3, -0.25) is 0 Å². The van der Waals surface area contributed by atoms with Crippen molar-refractivity contribution < 1.29 is 9.90 Å². The smallest absolute Gasteiger partial charge is 0.341 e. The summed E-state index contributed by atoms with van der Waals surface area (Å²) in [5, 5.41) is 24.1. The molecule has 0 fully saturated rings. The molecule has 0 aliphatic carbocycles. The van der Waals surface area contributed by atoms with Gasteiger partial charge < -0.3 is 10.0 Å². The van der Waals surface area contributed by atoms with Crippen molar-refractivity contribution in [3.05, 3.63) is 84.3 Å². The zero-order chi connectivity index (χ0) is 22.5. The highest BCUT2D eigenvalue weighted by Gasteiger charge is 2.20. The number of H-pyrrole nitrogens is 1. The number of aromatic nitrogens is 6. The van der Waals surface area contributed by atoms with E-state index in [4.69, 9.17) is 0 Å². The summed E-state index contributed by atoms with van der Waals surface area (Å²) in [7, 11) is 0. The lowest BCUT2D eigenvalue weighted by Gasteiger charge is -2.24. The van der Waals surface area contributed by atoms with E-state index < -0.39 is 5.97 Å². The molecule has 0 saturated carbocycles. The average molecular weight is 427 g/mol. The summed E-state index contributed by atoms with van der Waals surface area (Å²) in [6.45, 7) is 6.35. The van der Waals surface area contributed by atoms with Gasteiger partial charge in [0.25, 0.3) is 0 Å². The number of carboxylic acids is 1. The molecule has 0 amide bonds.